The van der Waals surface area contributed by atoms with E-state index in [2.05, 4.69) is 47.3 Å². The summed E-state index contributed by atoms with van der Waals surface area (Å²) in [4.78, 5) is 7.45. The number of hydrogen-bond donors (Lipinski definition) is 1. The minimum absolute atomic E-state index is 0.184. The van der Waals surface area contributed by atoms with Crippen molar-refractivity contribution >= 4 is 51.4 Å². The van der Waals surface area contributed by atoms with Crippen LogP contribution in [0.1, 0.15) is 23.1 Å². The molecule has 1 N–H and O–H groups in total. The fraction of sp³-hybridized carbons (Fsp3) is 0.167. The first-order valence-electron chi connectivity index (χ1n) is 7.37. The lowest BCUT2D eigenvalue weighted by Gasteiger charge is -2.30. The summed E-state index contributed by atoms with van der Waals surface area (Å²) in [5.74, 6) is 0. The quantitative estimate of drug-likeness (QED) is 0.569. The second kappa shape index (κ2) is 5.78. The minimum atomic E-state index is -0.184. The van der Waals surface area contributed by atoms with E-state index in [9.17, 15) is 0 Å². The van der Waals surface area contributed by atoms with E-state index in [1.165, 1.54) is 9.75 Å². The van der Waals surface area contributed by atoms with Gasteiger partial charge in [-0.1, -0.05) is 23.7 Å². The second-order valence-corrected chi connectivity index (χ2v) is 8.14. The maximum absolute atomic E-state index is 6.18. The molecular weight excluding hydrogens is 344 g/mol. The Balaban J connectivity index is 1.89. The van der Waals surface area contributed by atoms with Gasteiger partial charge < -0.3 is 5.32 Å². The number of hydrogen-bond acceptors (Lipinski definition) is 4. The van der Waals surface area contributed by atoms with Gasteiger partial charge in [0, 0.05) is 21.2 Å². The summed E-state index contributed by atoms with van der Waals surface area (Å²) >= 11 is 9.68. The molecule has 0 saturated carbocycles. The van der Waals surface area contributed by atoms with E-state index in [1.54, 1.807) is 22.7 Å². The van der Waals surface area contributed by atoms with Crippen LogP contribution in [-0.2, 0) is 5.54 Å². The van der Waals surface area contributed by atoms with E-state index < -0.39 is 0 Å². The molecule has 4 rings (SSSR count). The van der Waals surface area contributed by atoms with Gasteiger partial charge in [0.1, 0.15) is 0 Å². The molecule has 0 spiro atoms. The van der Waals surface area contributed by atoms with Gasteiger partial charge in [0.05, 0.1) is 22.6 Å². The number of fused-ring (bicyclic) bond motifs is 1. The molecule has 1 aromatic carbocycles. The zero-order valence-electron chi connectivity index (χ0n) is 12.5. The van der Waals surface area contributed by atoms with Gasteiger partial charge in [0.15, 0.2) is 0 Å². The van der Waals surface area contributed by atoms with Crippen LogP contribution < -0.4 is 5.32 Å². The van der Waals surface area contributed by atoms with Gasteiger partial charge in [0.2, 0.25) is 0 Å². The summed E-state index contributed by atoms with van der Waals surface area (Å²) < 4.78 is 0. The molecule has 0 radical (unpaired) electrons. The highest BCUT2D eigenvalue weighted by Gasteiger charge is 2.33. The standard InChI is InChI=1S/C18H15ClN2S2/c1-18(17-5-3-9-23-17)11-15(16-4-2-8-22-16)20-14-10-12(19)6-7-13(14)21-18/h2-10,21H,11H2,1H3. The van der Waals surface area contributed by atoms with Gasteiger partial charge in [-0.05, 0) is 48.0 Å². The predicted molar refractivity (Wildman–Crippen MR) is 102 cm³/mol. The molecule has 0 fully saturated rings. The van der Waals surface area contributed by atoms with E-state index in [-0.39, 0.29) is 5.54 Å². The van der Waals surface area contributed by atoms with E-state index in [4.69, 9.17) is 16.6 Å². The molecule has 23 heavy (non-hydrogen) atoms. The molecule has 5 heteroatoms. The lowest BCUT2D eigenvalue weighted by molar-refractivity contribution is 0.584. The number of benzene rings is 1. The number of anilines is 1. The first-order valence-corrected chi connectivity index (χ1v) is 9.51. The van der Waals surface area contributed by atoms with Crippen molar-refractivity contribution in [3.05, 3.63) is 68.0 Å². The summed E-state index contributed by atoms with van der Waals surface area (Å²) in [5, 5.41) is 8.62. The molecule has 0 amide bonds. The average Bonchev–Trinajstić information content (AvgIpc) is 3.20. The number of rotatable bonds is 2. The molecule has 1 aliphatic rings. The van der Waals surface area contributed by atoms with E-state index in [0.717, 1.165) is 23.5 Å². The zero-order valence-corrected chi connectivity index (χ0v) is 14.9. The van der Waals surface area contributed by atoms with Crippen LogP contribution in [-0.4, -0.2) is 5.71 Å². The Bertz CT molecular complexity index is 853. The molecule has 3 heterocycles. The largest absolute Gasteiger partial charge is 0.373 e. The lowest BCUT2D eigenvalue weighted by Crippen LogP contribution is -2.32. The molecule has 0 aliphatic carbocycles. The number of nitrogens with one attached hydrogen (secondary N) is 1. The van der Waals surface area contributed by atoms with Crippen molar-refractivity contribution in [2.75, 3.05) is 5.32 Å². The van der Waals surface area contributed by atoms with Crippen LogP contribution in [0.2, 0.25) is 5.02 Å². The van der Waals surface area contributed by atoms with Crippen LogP contribution in [0.3, 0.4) is 0 Å². The Morgan fingerprint density at radius 2 is 1.96 bits per heavy atom. The van der Waals surface area contributed by atoms with E-state index in [1.807, 2.05) is 18.2 Å². The van der Waals surface area contributed by atoms with Crippen LogP contribution in [0.4, 0.5) is 11.4 Å². The van der Waals surface area contributed by atoms with Crippen LogP contribution in [0.25, 0.3) is 0 Å². The molecule has 3 aromatic rings. The summed E-state index contributed by atoms with van der Waals surface area (Å²) in [6.07, 6.45) is 0.834. The third kappa shape index (κ3) is 2.82. The first kappa shape index (κ1) is 14.9. The molecule has 1 aliphatic heterocycles. The smallest absolute Gasteiger partial charge is 0.0879 e. The number of thiophene rings is 2. The Kier molecular flexibility index (Phi) is 3.76. The number of aliphatic imine (C=N–C) groups is 1. The molecule has 0 bridgehead atoms. The Morgan fingerprint density at radius 3 is 2.70 bits per heavy atom. The number of halogens is 1. The van der Waals surface area contributed by atoms with E-state index >= 15 is 0 Å². The fourth-order valence-electron chi connectivity index (χ4n) is 2.89. The Hall–Kier alpha value is -1.62. The Labute approximate surface area is 148 Å². The number of nitrogens with zero attached hydrogens (tertiary/aromatic N) is 1. The maximum Gasteiger partial charge on any atom is 0.0879 e. The van der Waals surface area contributed by atoms with Crippen LogP contribution >= 0.6 is 34.3 Å². The fourth-order valence-corrected chi connectivity index (χ4v) is 4.62. The molecule has 1 unspecified atom stereocenters. The van der Waals surface area contributed by atoms with Crippen molar-refractivity contribution in [1.29, 1.82) is 0 Å². The monoisotopic (exact) mass is 358 g/mol. The molecule has 0 saturated heterocycles. The third-order valence-corrected chi connectivity index (χ3v) is 6.31. The maximum atomic E-state index is 6.18. The average molecular weight is 359 g/mol. The lowest BCUT2D eigenvalue weighted by atomic mass is 9.92. The predicted octanol–water partition coefficient (Wildman–Crippen LogP) is 6.31. The molecule has 2 nitrogen and oxygen atoms in total. The van der Waals surface area contributed by atoms with Crippen molar-refractivity contribution in [1.82, 2.24) is 0 Å². The van der Waals surface area contributed by atoms with Gasteiger partial charge >= 0.3 is 0 Å². The van der Waals surface area contributed by atoms with Gasteiger partial charge in [0.25, 0.3) is 0 Å². The van der Waals surface area contributed by atoms with Crippen LogP contribution in [0.15, 0.2) is 58.2 Å². The summed E-state index contributed by atoms with van der Waals surface area (Å²) in [7, 11) is 0. The summed E-state index contributed by atoms with van der Waals surface area (Å²) in [6, 6.07) is 14.3. The molecule has 2 aromatic heterocycles. The highest BCUT2D eigenvalue weighted by atomic mass is 35.5. The van der Waals surface area contributed by atoms with Crippen molar-refractivity contribution < 1.29 is 0 Å². The van der Waals surface area contributed by atoms with Crippen molar-refractivity contribution in [3.8, 4) is 0 Å². The highest BCUT2D eigenvalue weighted by molar-refractivity contribution is 7.12. The van der Waals surface area contributed by atoms with Gasteiger partial charge in [-0.3, -0.25) is 0 Å². The summed E-state index contributed by atoms with van der Waals surface area (Å²) in [6.45, 7) is 2.24. The minimum Gasteiger partial charge on any atom is -0.373 e. The van der Waals surface area contributed by atoms with Crippen molar-refractivity contribution in [2.45, 2.75) is 18.9 Å². The van der Waals surface area contributed by atoms with Crippen molar-refractivity contribution in [2.24, 2.45) is 4.99 Å². The van der Waals surface area contributed by atoms with Crippen molar-refractivity contribution in [3.63, 3.8) is 0 Å². The van der Waals surface area contributed by atoms with Crippen LogP contribution in [0, 0.1) is 0 Å². The molecule has 116 valence electrons. The zero-order chi connectivity index (χ0) is 15.9. The van der Waals surface area contributed by atoms with Gasteiger partial charge in [-0.2, -0.15) is 0 Å². The SMILES string of the molecule is CC1(c2cccs2)CC(c2cccs2)=Nc2cc(Cl)ccc2N1. The molecular formula is C18H15ClN2S2. The summed E-state index contributed by atoms with van der Waals surface area (Å²) in [5.41, 5.74) is 2.85. The Morgan fingerprint density at radius 1 is 1.13 bits per heavy atom. The third-order valence-electron chi connectivity index (χ3n) is 4.02. The van der Waals surface area contributed by atoms with E-state index in [0.29, 0.717) is 5.02 Å². The van der Waals surface area contributed by atoms with Gasteiger partial charge in [-0.15, -0.1) is 22.7 Å². The van der Waals surface area contributed by atoms with Crippen LogP contribution in [0.5, 0.6) is 0 Å². The second-order valence-electron chi connectivity index (χ2n) is 5.81. The highest BCUT2D eigenvalue weighted by Crippen LogP contribution is 2.41. The van der Waals surface area contributed by atoms with Gasteiger partial charge in [-0.25, -0.2) is 4.99 Å². The molecule has 1 atom stereocenters. The normalized spacial score (nSPS) is 20.3. The first-order chi connectivity index (χ1) is 11.1. The topological polar surface area (TPSA) is 24.4 Å².